The Morgan fingerprint density at radius 3 is 2.20 bits per heavy atom. The Morgan fingerprint density at radius 2 is 1.44 bits per heavy atom. The van der Waals surface area contributed by atoms with Gasteiger partial charge in [-0.2, -0.15) is 0 Å². The van der Waals surface area contributed by atoms with Crippen molar-refractivity contribution in [1.82, 2.24) is 19.9 Å². The van der Waals surface area contributed by atoms with Crippen LogP contribution in [0.2, 0.25) is 0 Å². The summed E-state index contributed by atoms with van der Waals surface area (Å²) in [5, 5.41) is 2.74. The number of fused-ring (bicyclic) bond motifs is 1. The normalized spacial score (nSPS) is 10.6. The van der Waals surface area contributed by atoms with E-state index in [2.05, 4.69) is 25.3 Å². The molecule has 0 aliphatic carbocycles. The predicted octanol–water partition coefficient (Wildman–Crippen LogP) is 3.34. The first-order chi connectivity index (χ1) is 12.3. The number of hydrogen-bond acceptors (Lipinski definition) is 5. The average Bonchev–Trinajstić information content (AvgIpc) is 2.69. The first-order valence-electron chi connectivity index (χ1n) is 7.70. The molecule has 0 fully saturated rings. The summed E-state index contributed by atoms with van der Waals surface area (Å²) in [7, 11) is 0. The molecule has 0 saturated carbocycles. The van der Waals surface area contributed by atoms with Gasteiger partial charge in [0.1, 0.15) is 5.69 Å². The van der Waals surface area contributed by atoms with E-state index < -0.39 is 0 Å². The molecule has 0 atom stereocenters. The van der Waals surface area contributed by atoms with Crippen LogP contribution >= 0.6 is 0 Å². The lowest BCUT2D eigenvalue weighted by atomic mass is 10.2. The lowest BCUT2D eigenvalue weighted by Gasteiger charge is -2.05. The van der Waals surface area contributed by atoms with Crippen molar-refractivity contribution in [2.45, 2.75) is 0 Å². The summed E-state index contributed by atoms with van der Waals surface area (Å²) in [6.45, 7) is 0. The fraction of sp³-hybridized carbons (Fsp3) is 0. The van der Waals surface area contributed by atoms with Gasteiger partial charge in [-0.3, -0.25) is 9.78 Å². The van der Waals surface area contributed by atoms with E-state index in [1.165, 1.54) is 6.20 Å². The number of carbonyl (C=O) groups excluding carboxylic acids is 1. The number of para-hydroxylation sites is 2. The molecule has 120 valence electrons. The molecule has 4 aromatic rings. The molecular formula is C19H13N5O. The molecule has 1 N–H and O–H groups in total. The number of hydrogen-bond donors (Lipinski definition) is 1. The van der Waals surface area contributed by atoms with Crippen LogP contribution in [0.15, 0.2) is 73.2 Å². The number of anilines is 1. The topological polar surface area (TPSA) is 80.7 Å². The largest absolute Gasteiger partial charge is 0.318 e. The molecule has 0 bridgehead atoms. The van der Waals surface area contributed by atoms with E-state index in [0.29, 0.717) is 17.0 Å². The van der Waals surface area contributed by atoms with E-state index in [-0.39, 0.29) is 11.6 Å². The standard InChI is InChI=1S/C19H13N5O/c25-19(17-12-20-15-8-4-5-9-16(15)24-17)23-14-10-21-18(22-11-14)13-6-2-1-3-7-13/h1-12H,(H,23,25). The van der Waals surface area contributed by atoms with Crippen molar-refractivity contribution in [2.75, 3.05) is 5.32 Å². The Balaban J connectivity index is 1.53. The number of amides is 1. The lowest BCUT2D eigenvalue weighted by Crippen LogP contribution is -2.14. The van der Waals surface area contributed by atoms with Crippen LogP contribution in [0.3, 0.4) is 0 Å². The SMILES string of the molecule is O=C(Nc1cnc(-c2ccccc2)nc1)c1cnc2ccccc2n1. The van der Waals surface area contributed by atoms with Gasteiger partial charge in [0.05, 0.1) is 35.3 Å². The second-order valence-corrected chi connectivity index (χ2v) is 5.36. The van der Waals surface area contributed by atoms with Crippen molar-refractivity contribution < 1.29 is 4.79 Å². The molecule has 2 aromatic carbocycles. The van der Waals surface area contributed by atoms with E-state index in [0.717, 1.165) is 11.1 Å². The lowest BCUT2D eigenvalue weighted by molar-refractivity contribution is 0.102. The molecule has 0 radical (unpaired) electrons. The van der Waals surface area contributed by atoms with Crippen LogP contribution in [-0.2, 0) is 0 Å². The maximum atomic E-state index is 12.3. The van der Waals surface area contributed by atoms with E-state index in [1.54, 1.807) is 12.4 Å². The van der Waals surface area contributed by atoms with Crippen molar-refractivity contribution in [1.29, 1.82) is 0 Å². The van der Waals surface area contributed by atoms with Crippen LogP contribution in [0.5, 0.6) is 0 Å². The molecule has 2 aromatic heterocycles. The minimum Gasteiger partial charge on any atom is -0.318 e. The van der Waals surface area contributed by atoms with Gasteiger partial charge in [0.15, 0.2) is 5.82 Å². The fourth-order valence-electron chi connectivity index (χ4n) is 2.39. The molecule has 0 aliphatic rings. The molecule has 0 unspecified atom stereocenters. The monoisotopic (exact) mass is 327 g/mol. The van der Waals surface area contributed by atoms with Gasteiger partial charge in [-0.25, -0.2) is 15.0 Å². The third-order valence-corrected chi connectivity index (χ3v) is 3.62. The molecule has 1 amide bonds. The van der Waals surface area contributed by atoms with Gasteiger partial charge in [0.2, 0.25) is 0 Å². The summed E-state index contributed by atoms with van der Waals surface area (Å²) < 4.78 is 0. The molecule has 6 nitrogen and oxygen atoms in total. The molecule has 0 aliphatic heterocycles. The van der Waals surface area contributed by atoms with E-state index >= 15 is 0 Å². The van der Waals surface area contributed by atoms with Gasteiger partial charge in [-0.1, -0.05) is 42.5 Å². The Bertz CT molecular complexity index is 1030. The van der Waals surface area contributed by atoms with Gasteiger partial charge < -0.3 is 5.32 Å². The molecule has 0 spiro atoms. The van der Waals surface area contributed by atoms with Crippen LogP contribution in [0.4, 0.5) is 5.69 Å². The van der Waals surface area contributed by atoms with Crippen molar-refractivity contribution in [3.8, 4) is 11.4 Å². The molecule has 4 rings (SSSR count). The number of aromatic nitrogens is 4. The highest BCUT2D eigenvalue weighted by Crippen LogP contribution is 2.15. The van der Waals surface area contributed by atoms with Crippen molar-refractivity contribution in [3.63, 3.8) is 0 Å². The van der Waals surface area contributed by atoms with Gasteiger partial charge in [-0.15, -0.1) is 0 Å². The number of benzene rings is 2. The molecule has 25 heavy (non-hydrogen) atoms. The van der Waals surface area contributed by atoms with Crippen molar-refractivity contribution in [3.05, 3.63) is 78.9 Å². The molecular weight excluding hydrogens is 314 g/mol. The van der Waals surface area contributed by atoms with Crippen LogP contribution in [0.1, 0.15) is 10.5 Å². The highest BCUT2D eigenvalue weighted by Gasteiger charge is 2.10. The van der Waals surface area contributed by atoms with Crippen LogP contribution in [0, 0.1) is 0 Å². The van der Waals surface area contributed by atoms with E-state index in [4.69, 9.17) is 0 Å². The summed E-state index contributed by atoms with van der Waals surface area (Å²) in [6, 6.07) is 17.0. The number of nitrogens with zero attached hydrogens (tertiary/aromatic N) is 4. The second kappa shape index (κ2) is 6.45. The average molecular weight is 327 g/mol. The summed E-state index contributed by atoms with van der Waals surface area (Å²) >= 11 is 0. The zero-order valence-electron chi connectivity index (χ0n) is 13.1. The molecule has 6 heteroatoms. The van der Waals surface area contributed by atoms with Crippen LogP contribution < -0.4 is 5.32 Å². The minimum atomic E-state index is -0.352. The zero-order valence-corrected chi connectivity index (χ0v) is 13.1. The quantitative estimate of drug-likeness (QED) is 0.624. The number of carbonyl (C=O) groups is 1. The fourth-order valence-corrected chi connectivity index (χ4v) is 2.39. The maximum Gasteiger partial charge on any atom is 0.275 e. The summed E-state index contributed by atoms with van der Waals surface area (Å²) in [6.07, 6.45) is 4.60. The maximum absolute atomic E-state index is 12.3. The second-order valence-electron chi connectivity index (χ2n) is 5.36. The van der Waals surface area contributed by atoms with Crippen LogP contribution in [-0.4, -0.2) is 25.8 Å². The zero-order chi connectivity index (χ0) is 17.1. The smallest absolute Gasteiger partial charge is 0.275 e. The first kappa shape index (κ1) is 14.9. The third-order valence-electron chi connectivity index (χ3n) is 3.62. The predicted molar refractivity (Wildman–Crippen MR) is 95.0 cm³/mol. The minimum absolute atomic E-state index is 0.242. The highest BCUT2D eigenvalue weighted by molar-refractivity contribution is 6.03. The van der Waals surface area contributed by atoms with Gasteiger partial charge >= 0.3 is 0 Å². The summed E-state index contributed by atoms with van der Waals surface area (Å²) in [4.78, 5) is 29.5. The van der Waals surface area contributed by atoms with Crippen LogP contribution in [0.25, 0.3) is 22.4 Å². The van der Waals surface area contributed by atoms with Gasteiger partial charge in [0, 0.05) is 5.56 Å². The van der Waals surface area contributed by atoms with Crippen molar-refractivity contribution >= 4 is 22.6 Å². The first-order valence-corrected chi connectivity index (χ1v) is 7.70. The Hall–Kier alpha value is -3.67. The number of rotatable bonds is 3. The van der Waals surface area contributed by atoms with Crippen molar-refractivity contribution in [2.24, 2.45) is 0 Å². The Labute approximate surface area is 143 Å². The molecule has 2 heterocycles. The van der Waals surface area contributed by atoms with Gasteiger partial charge in [0.25, 0.3) is 5.91 Å². The third kappa shape index (κ3) is 3.18. The Morgan fingerprint density at radius 1 is 0.760 bits per heavy atom. The number of nitrogens with one attached hydrogen (secondary N) is 1. The summed E-state index contributed by atoms with van der Waals surface area (Å²) in [5.74, 6) is 0.249. The summed E-state index contributed by atoms with van der Waals surface area (Å²) in [5.41, 5.74) is 3.08. The molecule has 0 saturated heterocycles. The van der Waals surface area contributed by atoms with E-state index in [9.17, 15) is 4.79 Å². The highest BCUT2D eigenvalue weighted by atomic mass is 16.1. The Kier molecular flexibility index (Phi) is 3.84. The van der Waals surface area contributed by atoms with E-state index in [1.807, 2.05) is 54.6 Å². The van der Waals surface area contributed by atoms with Gasteiger partial charge in [-0.05, 0) is 12.1 Å².